The summed E-state index contributed by atoms with van der Waals surface area (Å²) in [5.74, 6) is -0.823. The van der Waals surface area contributed by atoms with Crippen LogP contribution in [0.2, 0.25) is 0 Å². The first kappa shape index (κ1) is 45.0. The van der Waals surface area contributed by atoms with E-state index < -0.39 is 26.5 Å². The molecule has 0 saturated heterocycles. The summed E-state index contributed by atoms with van der Waals surface area (Å²) >= 11 is 0. The molecule has 0 aliphatic heterocycles. The Morgan fingerprint density at radius 2 is 0.935 bits per heavy atom. The van der Waals surface area contributed by atoms with E-state index in [1.807, 2.05) is 0 Å². The number of phosphoric acid groups is 1. The molecule has 0 rings (SSSR count). The zero-order chi connectivity index (χ0) is 34.0. The number of carbonyl (C=O) groups excluding carboxylic acids is 2. The van der Waals surface area contributed by atoms with Crippen LogP contribution in [0.1, 0.15) is 187 Å². The second kappa shape index (κ2) is 33.9. The SMILES string of the molecule is CCCCCCCCCCCCCCCCCCCC(=O)OC[C@@H](COP(=O)(O)OCCN)OC(=O)CCCCCCCCCC. The quantitative estimate of drug-likeness (QED) is 0.0377. The lowest BCUT2D eigenvalue weighted by atomic mass is 10.0. The molecule has 3 N–H and O–H groups in total. The molecule has 46 heavy (non-hydrogen) atoms. The Bertz CT molecular complexity index is 739. The van der Waals surface area contributed by atoms with Crippen LogP contribution in [0.4, 0.5) is 0 Å². The minimum absolute atomic E-state index is 0.0575. The Balaban J connectivity index is 4.08. The van der Waals surface area contributed by atoms with Gasteiger partial charge in [0.1, 0.15) is 6.61 Å². The predicted molar refractivity (Wildman–Crippen MR) is 188 cm³/mol. The van der Waals surface area contributed by atoms with Crippen LogP contribution in [0.25, 0.3) is 0 Å². The van der Waals surface area contributed by atoms with E-state index >= 15 is 0 Å². The second-order valence-corrected chi connectivity index (χ2v) is 14.3. The lowest BCUT2D eigenvalue weighted by Gasteiger charge is -2.19. The zero-order valence-corrected chi connectivity index (χ0v) is 30.7. The first-order valence-electron chi connectivity index (χ1n) is 19.0. The fraction of sp³-hybridized carbons (Fsp3) is 0.944. The van der Waals surface area contributed by atoms with Crippen LogP contribution in [0.3, 0.4) is 0 Å². The van der Waals surface area contributed by atoms with Crippen molar-refractivity contribution >= 4 is 19.8 Å². The highest BCUT2D eigenvalue weighted by Gasteiger charge is 2.25. The molecule has 0 aliphatic rings. The molecule has 0 radical (unpaired) electrons. The Hall–Kier alpha value is -0.990. The summed E-state index contributed by atoms with van der Waals surface area (Å²) in [4.78, 5) is 34.6. The molecule has 0 spiro atoms. The zero-order valence-electron chi connectivity index (χ0n) is 29.8. The minimum Gasteiger partial charge on any atom is -0.462 e. The highest BCUT2D eigenvalue weighted by molar-refractivity contribution is 7.47. The van der Waals surface area contributed by atoms with Gasteiger partial charge in [-0.2, -0.15) is 0 Å². The van der Waals surface area contributed by atoms with Gasteiger partial charge in [0, 0.05) is 19.4 Å². The molecule has 0 aromatic carbocycles. The van der Waals surface area contributed by atoms with Gasteiger partial charge in [0.25, 0.3) is 0 Å². The Morgan fingerprint density at radius 3 is 1.33 bits per heavy atom. The number of esters is 2. The molecule has 1 unspecified atom stereocenters. The van der Waals surface area contributed by atoms with Crippen LogP contribution in [-0.4, -0.2) is 49.3 Å². The van der Waals surface area contributed by atoms with E-state index in [9.17, 15) is 19.0 Å². The Kier molecular flexibility index (Phi) is 33.2. The normalized spacial score (nSPS) is 13.4. The number of nitrogens with two attached hydrogens (primary N) is 1. The minimum atomic E-state index is -4.36. The van der Waals surface area contributed by atoms with E-state index in [2.05, 4.69) is 13.8 Å². The van der Waals surface area contributed by atoms with Crippen molar-refractivity contribution in [2.24, 2.45) is 5.73 Å². The van der Waals surface area contributed by atoms with Crippen molar-refractivity contribution in [2.75, 3.05) is 26.4 Å². The number of hydrogen-bond donors (Lipinski definition) is 2. The third-order valence-corrected chi connectivity index (χ3v) is 9.23. The number of unbranched alkanes of at least 4 members (excludes halogenated alkanes) is 23. The van der Waals surface area contributed by atoms with Gasteiger partial charge >= 0.3 is 19.8 Å². The van der Waals surface area contributed by atoms with Crippen molar-refractivity contribution in [3.8, 4) is 0 Å². The maximum Gasteiger partial charge on any atom is 0.472 e. The summed E-state index contributed by atoms with van der Waals surface area (Å²) in [5.41, 5.74) is 5.32. The van der Waals surface area contributed by atoms with Crippen molar-refractivity contribution in [2.45, 2.75) is 193 Å². The van der Waals surface area contributed by atoms with Crippen molar-refractivity contribution in [3.63, 3.8) is 0 Å². The molecule has 0 aliphatic carbocycles. The molecule has 2 atom stereocenters. The maximum absolute atomic E-state index is 12.4. The van der Waals surface area contributed by atoms with Gasteiger partial charge in [-0.1, -0.05) is 162 Å². The molecule has 10 heteroatoms. The molecule has 0 fully saturated rings. The van der Waals surface area contributed by atoms with Crippen LogP contribution in [0.5, 0.6) is 0 Å². The number of phosphoric ester groups is 1. The van der Waals surface area contributed by atoms with E-state index in [4.69, 9.17) is 24.3 Å². The first-order chi connectivity index (χ1) is 22.3. The number of carbonyl (C=O) groups is 2. The molecule has 0 aromatic rings. The van der Waals surface area contributed by atoms with Crippen LogP contribution in [0.15, 0.2) is 0 Å². The molecular formula is C36H72NO8P. The van der Waals surface area contributed by atoms with Crippen molar-refractivity contribution in [1.82, 2.24) is 0 Å². The van der Waals surface area contributed by atoms with Gasteiger partial charge < -0.3 is 20.1 Å². The average molecular weight is 678 g/mol. The van der Waals surface area contributed by atoms with E-state index in [1.54, 1.807) is 0 Å². The molecule has 0 aromatic heterocycles. The Labute approximate surface area is 282 Å². The van der Waals surface area contributed by atoms with Gasteiger partial charge in [-0.05, 0) is 12.8 Å². The van der Waals surface area contributed by atoms with E-state index in [-0.39, 0.29) is 38.6 Å². The molecule has 0 heterocycles. The fourth-order valence-corrected chi connectivity index (χ4v) is 6.16. The van der Waals surface area contributed by atoms with Crippen LogP contribution >= 0.6 is 7.82 Å². The van der Waals surface area contributed by atoms with Gasteiger partial charge in [0.05, 0.1) is 13.2 Å². The fourth-order valence-electron chi connectivity index (χ4n) is 5.40. The number of hydrogen-bond acceptors (Lipinski definition) is 8. The highest BCUT2D eigenvalue weighted by atomic mass is 31.2. The topological polar surface area (TPSA) is 134 Å². The van der Waals surface area contributed by atoms with Crippen LogP contribution in [0, 0.1) is 0 Å². The highest BCUT2D eigenvalue weighted by Crippen LogP contribution is 2.43. The summed E-state index contributed by atoms with van der Waals surface area (Å²) in [6.45, 7) is 3.71. The molecule has 0 bridgehead atoms. The van der Waals surface area contributed by atoms with Gasteiger partial charge in [-0.3, -0.25) is 18.6 Å². The average Bonchev–Trinajstić information content (AvgIpc) is 3.04. The van der Waals surface area contributed by atoms with Crippen molar-refractivity contribution < 1.29 is 37.6 Å². The molecule has 0 saturated carbocycles. The van der Waals surface area contributed by atoms with E-state index in [0.29, 0.717) is 6.42 Å². The number of rotatable bonds is 36. The lowest BCUT2D eigenvalue weighted by Crippen LogP contribution is -2.29. The lowest BCUT2D eigenvalue weighted by molar-refractivity contribution is -0.161. The molecular weight excluding hydrogens is 605 g/mol. The second-order valence-electron chi connectivity index (χ2n) is 12.8. The smallest absolute Gasteiger partial charge is 0.462 e. The van der Waals surface area contributed by atoms with Gasteiger partial charge in [0.2, 0.25) is 0 Å². The monoisotopic (exact) mass is 677 g/mol. The van der Waals surface area contributed by atoms with Gasteiger partial charge in [0.15, 0.2) is 6.10 Å². The van der Waals surface area contributed by atoms with Crippen LogP contribution < -0.4 is 5.73 Å². The molecule has 274 valence electrons. The molecule has 0 amide bonds. The van der Waals surface area contributed by atoms with E-state index in [1.165, 1.54) is 116 Å². The standard InChI is InChI=1S/C36H72NO8P/c1-3-5-7-9-11-13-14-15-16-17-18-19-20-21-23-24-26-28-35(38)42-32-34(33-44-46(40,41)43-31-30-37)45-36(39)29-27-25-22-12-10-8-6-4-2/h34H,3-33,37H2,1-2H3,(H,40,41)/t34-/m0/s1. The van der Waals surface area contributed by atoms with Gasteiger partial charge in [-0.15, -0.1) is 0 Å². The summed E-state index contributed by atoms with van der Waals surface area (Å²) in [6, 6.07) is 0. The summed E-state index contributed by atoms with van der Waals surface area (Å²) in [6.07, 6.45) is 30.0. The van der Waals surface area contributed by atoms with Gasteiger partial charge in [-0.25, -0.2) is 4.57 Å². The predicted octanol–water partition coefficient (Wildman–Crippen LogP) is 10.1. The maximum atomic E-state index is 12.4. The Morgan fingerprint density at radius 1 is 0.565 bits per heavy atom. The largest absolute Gasteiger partial charge is 0.472 e. The summed E-state index contributed by atoms with van der Waals surface area (Å²) in [7, 11) is -4.36. The number of ether oxygens (including phenoxy) is 2. The van der Waals surface area contributed by atoms with Crippen molar-refractivity contribution in [3.05, 3.63) is 0 Å². The van der Waals surface area contributed by atoms with Crippen LogP contribution in [-0.2, 0) is 32.7 Å². The first-order valence-corrected chi connectivity index (χ1v) is 20.5. The van der Waals surface area contributed by atoms with Crippen molar-refractivity contribution in [1.29, 1.82) is 0 Å². The third-order valence-electron chi connectivity index (χ3n) is 8.24. The third kappa shape index (κ3) is 32.9. The summed E-state index contributed by atoms with van der Waals surface area (Å²) < 4.78 is 32.5. The summed E-state index contributed by atoms with van der Waals surface area (Å²) in [5, 5.41) is 0. The van der Waals surface area contributed by atoms with E-state index in [0.717, 1.165) is 38.5 Å². The molecule has 9 nitrogen and oxygen atoms in total.